The Hall–Kier alpha value is -2.17. The van der Waals surface area contributed by atoms with Gasteiger partial charge in [0.2, 0.25) is 0 Å². The van der Waals surface area contributed by atoms with Gasteiger partial charge in [0.05, 0.1) is 6.33 Å². The molecule has 1 aromatic carbocycles. The summed E-state index contributed by atoms with van der Waals surface area (Å²) >= 11 is 5.29. The molecule has 1 aliphatic carbocycles. The number of likely N-dealkylation sites (tertiary alicyclic amines) is 1. The van der Waals surface area contributed by atoms with Gasteiger partial charge in [0.15, 0.2) is 16.3 Å². The van der Waals surface area contributed by atoms with Gasteiger partial charge >= 0.3 is 0 Å². The fourth-order valence-corrected chi connectivity index (χ4v) is 6.44. The number of aliphatic hydroxyl groups excluding tert-OH is 1. The molecule has 2 aliphatic rings. The molecular formula is C24H29BrN6O2S. The third-order valence-electron chi connectivity index (χ3n) is 6.91. The highest BCUT2D eigenvalue weighted by atomic mass is 79.9. The second kappa shape index (κ2) is 9.83. The first-order valence-corrected chi connectivity index (χ1v) is 13.5. The summed E-state index contributed by atoms with van der Waals surface area (Å²) in [6.45, 7) is 3.67. The summed E-state index contributed by atoms with van der Waals surface area (Å²) in [6.07, 6.45) is 7.08. The van der Waals surface area contributed by atoms with Crippen molar-refractivity contribution in [1.82, 2.24) is 24.4 Å². The molecule has 3 heterocycles. The SMILES string of the molecule is CC(O)C(=O)N1CCC(CCn2cnc(=N)c3[nH]c(Sc4cc5c(cc4Br)CCC5)nc32)CC1. The quantitative estimate of drug-likeness (QED) is 0.438. The molecule has 34 heavy (non-hydrogen) atoms. The van der Waals surface area contributed by atoms with Crippen molar-refractivity contribution in [2.45, 2.75) is 68.1 Å². The standard InChI is InChI=1S/C24H29BrN6O2S/c1-14(32)23(33)30-8-5-15(6-9-30)7-10-31-13-27-21(26)20-22(31)29-24(28-20)34-19-12-17-4-2-3-16(17)11-18(19)25/h11-15,26,32H,2-10H2,1H3,(H,28,29). The normalized spacial score (nSPS) is 17.3. The summed E-state index contributed by atoms with van der Waals surface area (Å²) in [6, 6.07) is 4.48. The molecule has 2 aromatic heterocycles. The van der Waals surface area contributed by atoms with E-state index in [0.29, 0.717) is 24.5 Å². The van der Waals surface area contributed by atoms with Gasteiger partial charge in [0.25, 0.3) is 5.91 Å². The fourth-order valence-electron chi connectivity index (χ4n) is 4.96. The molecule has 0 radical (unpaired) electrons. The molecule has 1 unspecified atom stereocenters. The number of amides is 1. The number of aromatic nitrogens is 4. The molecule has 0 spiro atoms. The molecule has 1 amide bonds. The number of hydrogen-bond acceptors (Lipinski definition) is 6. The summed E-state index contributed by atoms with van der Waals surface area (Å²) in [7, 11) is 0. The van der Waals surface area contributed by atoms with Crippen LogP contribution >= 0.6 is 27.7 Å². The average molecular weight is 546 g/mol. The number of rotatable bonds is 6. The smallest absolute Gasteiger partial charge is 0.251 e. The van der Waals surface area contributed by atoms with Crippen molar-refractivity contribution < 1.29 is 9.90 Å². The maximum Gasteiger partial charge on any atom is 0.251 e. The summed E-state index contributed by atoms with van der Waals surface area (Å²) in [5.41, 5.74) is 4.45. The largest absolute Gasteiger partial charge is 0.384 e. The van der Waals surface area contributed by atoms with Crippen LogP contribution in [0, 0.1) is 11.3 Å². The van der Waals surface area contributed by atoms with Gasteiger partial charge in [-0.05, 0) is 90.6 Å². The van der Waals surface area contributed by atoms with Crippen molar-refractivity contribution in [1.29, 1.82) is 5.41 Å². The Labute approximate surface area is 210 Å². The lowest BCUT2D eigenvalue weighted by Crippen LogP contribution is -2.43. The number of carbonyl (C=O) groups is 1. The number of aliphatic hydroxyl groups is 1. The third kappa shape index (κ3) is 4.81. The van der Waals surface area contributed by atoms with Crippen molar-refractivity contribution in [3.8, 4) is 0 Å². The van der Waals surface area contributed by atoms with E-state index < -0.39 is 6.10 Å². The summed E-state index contributed by atoms with van der Waals surface area (Å²) in [5, 5.41) is 18.5. The van der Waals surface area contributed by atoms with Crippen LogP contribution in [0.25, 0.3) is 11.2 Å². The number of fused-ring (bicyclic) bond motifs is 2. The van der Waals surface area contributed by atoms with Gasteiger partial charge in [-0.2, -0.15) is 0 Å². The van der Waals surface area contributed by atoms with E-state index in [1.807, 2.05) is 4.57 Å². The van der Waals surface area contributed by atoms with E-state index in [1.54, 1.807) is 23.0 Å². The van der Waals surface area contributed by atoms with Crippen molar-refractivity contribution >= 4 is 44.8 Å². The van der Waals surface area contributed by atoms with Crippen LogP contribution in [0.4, 0.5) is 0 Å². The molecule has 3 N–H and O–H groups in total. The molecule has 8 nitrogen and oxygen atoms in total. The molecule has 10 heteroatoms. The van der Waals surface area contributed by atoms with E-state index >= 15 is 0 Å². The number of piperidine rings is 1. The molecule has 1 saturated heterocycles. The number of nitrogens with one attached hydrogen (secondary N) is 2. The molecule has 180 valence electrons. The van der Waals surface area contributed by atoms with Gasteiger partial charge < -0.3 is 19.6 Å². The number of aromatic amines is 1. The Bertz CT molecular complexity index is 1280. The zero-order valence-electron chi connectivity index (χ0n) is 19.2. The van der Waals surface area contributed by atoms with E-state index in [-0.39, 0.29) is 11.4 Å². The van der Waals surface area contributed by atoms with Crippen LogP contribution < -0.4 is 5.49 Å². The number of aryl methyl sites for hydroxylation is 3. The van der Waals surface area contributed by atoms with E-state index in [1.165, 1.54) is 24.5 Å². The third-order valence-corrected chi connectivity index (χ3v) is 8.78. The van der Waals surface area contributed by atoms with Crippen LogP contribution in [0.15, 0.2) is 33.0 Å². The van der Waals surface area contributed by atoms with Gasteiger partial charge in [-0.25, -0.2) is 9.97 Å². The number of carbonyl (C=O) groups excluding carboxylic acids is 1. The lowest BCUT2D eigenvalue weighted by molar-refractivity contribution is -0.140. The number of benzene rings is 1. The highest BCUT2D eigenvalue weighted by Gasteiger charge is 2.25. The van der Waals surface area contributed by atoms with Crippen molar-refractivity contribution in [3.63, 3.8) is 0 Å². The number of nitrogens with zero attached hydrogens (tertiary/aromatic N) is 4. The summed E-state index contributed by atoms with van der Waals surface area (Å²) in [4.78, 5) is 27.3. The van der Waals surface area contributed by atoms with Crippen LogP contribution in [0.1, 0.15) is 43.7 Å². The highest BCUT2D eigenvalue weighted by Crippen LogP contribution is 2.37. The zero-order chi connectivity index (χ0) is 23.8. The van der Waals surface area contributed by atoms with Crippen molar-refractivity contribution in [2.24, 2.45) is 5.92 Å². The van der Waals surface area contributed by atoms with E-state index in [4.69, 9.17) is 10.4 Å². The first kappa shape index (κ1) is 23.6. The lowest BCUT2D eigenvalue weighted by atomic mass is 9.93. The molecule has 5 rings (SSSR count). The van der Waals surface area contributed by atoms with Gasteiger partial charge in [0, 0.05) is 29.0 Å². The minimum absolute atomic E-state index is 0.179. The van der Waals surface area contributed by atoms with Crippen LogP contribution in [0.5, 0.6) is 0 Å². The monoisotopic (exact) mass is 544 g/mol. The predicted octanol–water partition coefficient (Wildman–Crippen LogP) is 3.65. The van der Waals surface area contributed by atoms with E-state index in [9.17, 15) is 9.90 Å². The number of halogens is 1. The Morgan fingerprint density at radius 3 is 2.79 bits per heavy atom. The molecule has 1 aliphatic heterocycles. The predicted molar refractivity (Wildman–Crippen MR) is 134 cm³/mol. The van der Waals surface area contributed by atoms with Crippen molar-refractivity contribution in [2.75, 3.05) is 13.1 Å². The van der Waals surface area contributed by atoms with E-state index in [2.05, 4.69) is 38.0 Å². The second-order valence-electron chi connectivity index (χ2n) is 9.27. The number of hydrogen-bond donors (Lipinski definition) is 3. The molecule has 0 bridgehead atoms. The van der Waals surface area contributed by atoms with Crippen LogP contribution in [-0.2, 0) is 24.2 Å². The Kier molecular flexibility index (Phi) is 6.81. The minimum Gasteiger partial charge on any atom is -0.384 e. The maximum absolute atomic E-state index is 12.0. The lowest BCUT2D eigenvalue weighted by Gasteiger charge is -2.32. The molecular weight excluding hydrogens is 516 g/mol. The molecule has 1 fully saturated rings. The number of imidazole rings is 1. The first-order chi connectivity index (χ1) is 16.4. The summed E-state index contributed by atoms with van der Waals surface area (Å²) < 4.78 is 3.11. The van der Waals surface area contributed by atoms with Gasteiger partial charge in [-0.15, -0.1) is 0 Å². The molecule has 3 aromatic rings. The van der Waals surface area contributed by atoms with Crippen LogP contribution in [0.3, 0.4) is 0 Å². The Morgan fingerprint density at radius 1 is 1.32 bits per heavy atom. The fraction of sp³-hybridized carbons (Fsp3) is 0.500. The van der Waals surface area contributed by atoms with Crippen LogP contribution in [0.2, 0.25) is 0 Å². The van der Waals surface area contributed by atoms with Crippen LogP contribution in [-0.4, -0.2) is 54.6 Å². The zero-order valence-corrected chi connectivity index (χ0v) is 21.6. The maximum atomic E-state index is 12.0. The Morgan fingerprint density at radius 2 is 2.06 bits per heavy atom. The van der Waals surface area contributed by atoms with Gasteiger partial charge in [0.1, 0.15) is 11.6 Å². The summed E-state index contributed by atoms with van der Waals surface area (Å²) in [5.74, 6) is 0.327. The Balaban J connectivity index is 1.29. The molecule has 0 saturated carbocycles. The highest BCUT2D eigenvalue weighted by molar-refractivity contribution is 9.10. The molecule has 1 atom stereocenters. The van der Waals surface area contributed by atoms with E-state index in [0.717, 1.165) is 58.8 Å². The van der Waals surface area contributed by atoms with Gasteiger partial charge in [-0.1, -0.05) is 11.8 Å². The van der Waals surface area contributed by atoms with Gasteiger partial charge in [-0.3, -0.25) is 10.2 Å². The topological polar surface area (TPSA) is 111 Å². The van der Waals surface area contributed by atoms with Crippen molar-refractivity contribution in [3.05, 3.63) is 39.5 Å². The first-order valence-electron chi connectivity index (χ1n) is 11.8. The number of H-pyrrole nitrogens is 1. The minimum atomic E-state index is -0.931. The average Bonchev–Trinajstić information content (AvgIpc) is 3.46. The second-order valence-corrected chi connectivity index (χ2v) is 11.2.